The summed E-state index contributed by atoms with van der Waals surface area (Å²) >= 11 is 0. The van der Waals surface area contributed by atoms with Crippen LogP contribution in [0.3, 0.4) is 0 Å². The fourth-order valence-corrected chi connectivity index (χ4v) is 1.69. The molecule has 0 aliphatic rings. The highest BCUT2D eigenvalue weighted by atomic mass is 16.5. The summed E-state index contributed by atoms with van der Waals surface area (Å²) in [7, 11) is 1.54. The van der Waals surface area contributed by atoms with Gasteiger partial charge >= 0.3 is 5.97 Å². The van der Waals surface area contributed by atoms with Gasteiger partial charge in [0, 0.05) is 25.9 Å². The number of aryl methyl sites for hydroxylation is 1. The SMILES string of the molecule is CCOC(=O)C[C@](C)(O)CNC(=O)c1ccc(=O)n(C)c1. The van der Waals surface area contributed by atoms with Gasteiger partial charge in [0.15, 0.2) is 0 Å². The van der Waals surface area contributed by atoms with E-state index < -0.39 is 17.5 Å². The van der Waals surface area contributed by atoms with Crippen molar-refractivity contribution in [3.8, 4) is 0 Å². The van der Waals surface area contributed by atoms with Crippen LogP contribution in [0.4, 0.5) is 0 Å². The first-order valence-electron chi connectivity index (χ1n) is 6.58. The summed E-state index contributed by atoms with van der Waals surface area (Å²) in [4.78, 5) is 34.5. The summed E-state index contributed by atoms with van der Waals surface area (Å²) in [5, 5.41) is 12.6. The Kier molecular flexibility index (Phi) is 5.66. The number of pyridine rings is 1. The molecular formula is C14H20N2O5. The highest BCUT2D eigenvalue weighted by Gasteiger charge is 2.26. The molecule has 1 aromatic rings. The van der Waals surface area contributed by atoms with Crippen LogP contribution >= 0.6 is 0 Å². The Morgan fingerprint density at radius 2 is 2.10 bits per heavy atom. The number of amides is 1. The molecule has 0 bridgehead atoms. The topological polar surface area (TPSA) is 97.6 Å². The molecule has 1 rings (SSSR count). The van der Waals surface area contributed by atoms with Crippen LogP contribution < -0.4 is 10.9 Å². The summed E-state index contributed by atoms with van der Waals surface area (Å²) in [6.45, 7) is 3.24. The summed E-state index contributed by atoms with van der Waals surface area (Å²) in [6.07, 6.45) is 1.19. The van der Waals surface area contributed by atoms with Crippen molar-refractivity contribution in [1.82, 2.24) is 9.88 Å². The van der Waals surface area contributed by atoms with E-state index in [4.69, 9.17) is 4.74 Å². The minimum absolute atomic E-state index is 0.104. The first-order chi connectivity index (χ1) is 9.75. The molecule has 0 unspecified atom stereocenters. The van der Waals surface area contributed by atoms with Crippen molar-refractivity contribution in [2.75, 3.05) is 13.2 Å². The Labute approximate surface area is 122 Å². The number of hydrogen-bond acceptors (Lipinski definition) is 5. The number of esters is 1. The minimum atomic E-state index is -1.40. The molecule has 0 aliphatic carbocycles. The van der Waals surface area contributed by atoms with E-state index >= 15 is 0 Å². The third-order valence-electron chi connectivity index (χ3n) is 2.81. The second-order valence-electron chi connectivity index (χ2n) is 5.03. The molecule has 116 valence electrons. The van der Waals surface area contributed by atoms with E-state index in [1.54, 1.807) is 6.92 Å². The highest BCUT2D eigenvalue weighted by Crippen LogP contribution is 2.09. The van der Waals surface area contributed by atoms with Crippen LogP contribution in [0.25, 0.3) is 0 Å². The molecule has 0 saturated carbocycles. The van der Waals surface area contributed by atoms with E-state index in [0.717, 1.165) is 0 Å². The second-order valence-corrected chi connectivity index (χ2v) is 5.03. The van der Waals surface area contributed by atoms with E-state index in [2.05, 4.69) is 5.32 Å². The van der Waals surface area contributed by atoms with Crippen molar-refractivity contribution in [1.29, 1.82) is 0 Å². The largest absolute Gasteiger partial charge is 0.466 e. The molecule has 7 nitrogen and oxygen atoms in total. The second kappa shape index (κ2) is 7.03. The zero-order chi connectivity index (χ0) is 16.0. The summed E-state index contributed by atoms with van der Waals surface area (Å²) in [6, 6.07) is 2.68. The lowest BCUT2D eigenvalue weighted by Crippen LogP contribution is -2.42. The third kappa shape index (κ3) is 5.39. The number of hydrogen-bond donors (Lipinski definition) is 2. The Hall–Kier alpha value is -2.15. The van der Waals surface area contributed by atoms with Crippen molar-refractivity contribution >= 4 is 11.9 Å². The number of carbonyl (C=O) groups excluding carboxylic acids is 2. The maximum atomic E-state index is 11.9. The number of rotatable bonds is 6. The van der Waals surface area contributed by atoms with Crippen molar-refractivity contribution in [2.45, 2.75) is 25.9 Å². The van der Waals surface area contributed by atoms with E-state index in [9.17, 15) is 19.5 Å². The van der Waals surface area contributed by atoms with Gasteiger partial charge in [0.25, 0.3) is 5.91 Å². The lowest BCUT2D eigenvalue weighted by atomic mass is 10.0. The summed E-state index contributed by atoms with van der Waals surface area (Å²) in [5.74, 6) is -0.964. The number of nitrogens with zero attached hydrogens (tertiary/aromatic N) is 1. The fraction of sp³-hybridized carbons (Fsp3) is 0.500. The van der Waals surface area contributed by atoms with Gasteiger partial charge in [0.1, 0.15) is 0 Å². The molecule has 0 saturated heterocycles. The zero-order valence-electron chi connectivity index (χ0n) is 12.4. The van der Waals surface area contributed by atoms with Crippen LogP contribution in [-0.4, -0.2) is 40.3 Å². The molecule has 1 heterocycles. The van der Waals surface area contributed by atoms with Gasteiger partial charge < -0.3 is 19.7 Å². The summed E-state index contributed by atoms with van der Waals surface area (Å²) in [5.41, 5.74) is -1.33. The first-order valence-corrected chi connectivity index (χ1v) is 6.58. The lowest BCUT2D eigenvalue weighted by Gasteiger charge is -2.22. The molecule has 7 heteroatoms. The van der Waals surface area contributed by atoms with Gasteiger partial charge in [-0.05, 0) is 19.9 Å². The molecule has 0 aromatic carbocycles. The molecule has 0 spiro atoms. The van der Waals surface area contributed by atoms with E-state index in [0.29, 0.717) is 5.56 Å². The standard InChI is InChI=1S/C14H20N2O5/c1-4-21-12(18)7-14(2,20)9-15-13(19)10-5-6-11(17)16(3)8-10/h5-6,8,20H,4,7,9H2,1-3H3,(H,15,19)/t14-/m0/s1. The number of aromatic nitrogens is 1. The Morgan fingerprint density at radius 1 is 1.43 bits per heavy atom. The lowest BCUT2D eigenvalue weighted by molar-refractivity contribution is -0.147. The van der Waals surface area contributed by atoms with Crippen LogP contribution in [0.5, 0.6) is 0 Å². The molecule has 1 aromatic heterocycles. The quantitative estimate of drug-likeness (QED) is 0.710. The summed E-state index contributed by atoms with van der Waals surface area (Å²) < 4.78 is 6.03. The minimum Gasteiger partial charge on any atom is -0.466 e. The Balaban J connectivity index is 2.60. The van der Waals surface area contributed by atoms with Gasteiger partial charge in [-0.1, -0.05) is 0 Å². The van der Waals surface area contributed by atoms with Crippen molar-refractivity contribution < 1.29 is 19.4 Å². The number of aliphatic hydroxyl groups is 1. The van der Waals surface area contributed by atoms with Gasteiger partial charge in [-0.15, -0.1) is 0 Å². The van der Waals surface area contributed by atoms with Crippen LogP contribution in [-0.2, 0) is 16.6 Å². The van der Waals surface area contributed by atoms with Crippen LogP contribution in [0.2, 0.25) is 0 Å². The number of ether oxygens (including phenoxy) is 1. The number of carbonyl (C=O) groups is 2. The average Bonchev–Trinajstić information content (AvgIpc) is 2.39. The molecule has 2 N–H and O–H groups in total. The first kappa shape index (κ1) is 16.9. The molecule has 1 amide bonds. The predicted molar refractivity (Wildman–Crippen MR) is 75.9 cm³/mol. The average molecular weight is 296 g/mol. The van der Waals surface area contributed by atoms with Crippen LogP contribution in [0.1, 0.15) is 30.6 Å². The fourth-order valence-electron chi connectivity index (χ4n) is 1.69. The van der Waals surface area contributed by atoms with Gasteiger partial charge in [0.2, 0.25) is 5.56 Å². The number of nitrogens with one attached hydrogen (secondary N) is 1. The van der Waals surface area contributed by atoms with Crippen molar-refractivity contribution in [3.63, 3.8) is 0 Å². The highest BCUT2D eigenvalue weighted by molar-refractivity contribution is 5.93. The monoisotopic (exact) mass is 296 g/mol. The van der Waals surface area contributed by atoms with Crippen LogP contribution in [0.15, 0.2) is 23.1 Å². The predicted octanol–water partition coefficient (Wildman–Crippen LogP) is -0.181. The molecule has 0 aliphatic heterocycles. The molecule has 1 atom stereocenters. The van der Waals surface area contributed by atoms with Gasteiger partial charge in [0.05, 0.1) is 24.2 Å². The molecule has 21 heavy (non-hydrogen) atoms. The smallest absolute Gasteiger partial charge is 0.308 e. The Morgan fingerprint density at radius 3 is 2.67 bits per heavy atom. The Bertz CT molecular complexity index is 577. The maximum Gasteiger partial charge on any atom is 0.308 e. The maximum absolute atomic E-state index is 11.9. The molecule has 0 radical (unpaired) electrons. The van der Waals surface area contributed by atoms with Crippen LogP contribution in [0, 0.1) is 0 Å². The van der Waals surface area contributed by atoms with Crippen molar-refractivity contribution in [3.05, 3.63) is 34.2 Å². The van der Waals surface area contributed by atoms with Gasteiger partial charge in [-0.3, -0.25) is 14.4 Å². The molecule has 0 fully saturated rings. The van der Waals surface area contributed by atoms with Gasteiger partial charge in [-0.2, -0.15) is 0 Å². The third-order valence-corrected chi connectivity index (χ3v) is 2.81. The van der Waals surface area contributed by atoms with Gasteiger partial charge in [-0.25, -0.2) is 0 Å². The zero-order valence-corrected chi connectivity index (χ0v) is 12.4. The van der Waals surface area contributed by atoms with E-state index in [1.165, 1.54) is 36.9 Å². The molecular weight excluding hydrogens is 276 g/mol. The normalized spacial score (nSPS) is 13.3. The van der Waals surface area contributed by atoms with Crippen molar-refractivity contribution in [2.24, 2.45) is 7.05 Å². The van der Waals surface area contributed by atoms with E-state index in [-0.39, 0.29) is 25.1 Å². The van der Waals surface area contributed by atoms with E-state index in [1.807, 2.05) is 0 Å².